The molecule has 1 N–H and O–H groups in total. The minimum Gasteiger partial charge on any atom is -0.315 e. The van der Waals surface area contributed by atoms with Crippen LogP contribution in [0.3, 0.4) is 0 Å². The van der Waals surface area contributed by atoms with E-state index in [1.165, 1.54) is 0 Å². The first-order chi connectivity index (χ1) is 9.50. The predicted octanol–water partition coefficient (Wildman–Crippen LogP) is 2.24. The summed E-state index contributed by atoms with van der Waals surface area (Å²) in [6, 6.07) is 5.88. The topological polar surface area (TPSA) is 49.4 Å². The summed E-state index contributed by atoms with van der Waals surface area (Å²) >= 11 is 0. The van der Waals surface area contributed by atoms with E-state index >= 15 is 0 Å². The molecule has 2 fully saturated rings. The van der Waals surface area contributed by atoms with Crippen molar-refractivity contribution in [3.8, 4) is 0 Å². The van der Waals surface area contributed by atoms with Crippen molar-refractivity contribution in [2.24, 2.45) is 0 Å². The molecule has 2 heterocycles. The largest absolute Gasteiger partial charge is 0.315 e. The van der Waals surface area contributed by atoms with E-state index in [0.29, 0.717) is 4.90 Å². The second-order valence-electron chi connectivity index (χ2n) is 5.98. The van der Waals surface area contributed by atoms with Crippen LogP contribution in [-0.2, 0) is 10.0 Å². The Morgan fingerprint density at radius 1 is 1.14 bits per heavy atom. The van der Waals surface area contributed by atoms with E-state index < -0.39 is 10.0 Å². The van der Waals surface area contributed by atoms with E-state index in [1.807, 2.05) is 26.0 Å². The lowest BCUT2D eigenvalue weighted by atomic mass is 10.1. The van der Waals surface area contributed by atoms with Gasteiger partial charge in [0.1, 0.15) is 0 Å². The van der Waals surface area contributed by atoms with Gasteiger partial charge in [0, 0.05) is 18.6 Å². The maximum Gasteiger partial charge on any atom is 0.243 e. The molecular formula is C15H23ClN2O2S. The molecule has 2 bridgehead atoms. The summed E-state index contributed by atoms with van der Waals surface area (Å²) in [4.78, 5) is 0.474. The van der Waals surface area contributed by atoms with E-state index in [1.54, 1.807) is 10.4 Å². The zero-order valence-corrected chi connectivity index (χ0v) is 14.1. The van der Waals surface area contributed by atoms with Crippen molar-refractivity contribution in [3.63, 3.8) is 0 Å². The number of nitrogens with zero attached hydrogens (tertiary/aromatic N) is 1. The maximum absolute atomic E-state index is 13.0. The van der Waals surface area contributed by atoms with Gasteiger partial charge >= 0.3 is 0 Å². The van der Waals surface area contributed by atoms with Crippen LogP contribution in [0.15, 0.2) is 23.1 Å². The summed E-state index contributed by atoms with van der Waals surface area (Å²) < 4.78 is 27.8. The van der Waals surface area contributed by atoms with E-state index in [-0.39, 0.29) is 24.5 Å². The van der Waals surface area contributed by atoms with E-state index in [4.69, 9.17) is 0 Å². The molecular weight excluding hydrogens is 308 g/mol. The number of aryl methyl sites for hydroxylation is 2. The molecule has 21 heavy (non-hydrogen) atoms. The fourth-order valence-corrected chi connectivity index (χ4v) is 5.64. The monoisotopic (exact) mass is 330 g/mol. The van der Waals surface area contributed by atoms with Crippen molar-refractivity contribution in [2.45, 2.75) is 50.1 Å². The van der Waals surface area contributed by atoms with E-state index in [0.717, 1.165) is 43.5 Å². The zero-order chi connectivity index (χ0) is 14.3. The van der Waals surface area contributed by atoms with Crippen LogP contribution < -0.4 is 5.32 Å². The average Bonchev–Trinajstić information content (AvgIpc) is 2.63. The Kier molecular flexibility index (Phi) is 4.98. The van der Waals surface area contributed by atoms with Crippen LogP contribution in [0.5, 0.6) is 0 Å². The van der Waals surface area contributed by atoms with Gasteiger partial charge < -0.3 is 5.32 Å². The van der Waals surface area contributed by atoms with Gasteiger partial charge in [0.25, 0.3) is 0 Å². The van der Waals surface area contributed by atoms with Crippen LogP contribution in [0.4, 0.5) is 0 Å². The van der Waals surface area contributed by atoms with Gasteiger partial charge in [-0.3, -0.25) is 0 Å². The highest BCUT2D eigenvalue weighted by atomic mass is 35.5. The smallest absolute Gasteiger partial charge is 0.243 e. The molecule has 2 aliphatic heterocycles. The molecule has 2 unspecified atom stereocenters. The third-order valence-corrected chi connectivity index (χ3v) is 6.64. The van der Waals surface area contributed by atoms with Crippen LogP contribution >= 0.6 is 12.4 Å². The number of hydrogen-bond acceptors (Lipinski definition) is 3. The summed E-state index contributed by atoms with van der Waals surface area (Å²) in [6.45, 7) is 5.57. The highest BCUT2D eigenvalue weighted by Gasteiger charge is 2.43. The van der Waals surface area contributed by atoms with Crippen molar-refractivity contribution in [1.82, 2.24) is 9.62 Å². The molecule has 2 atom stereocenters. The Bertz CT molecular complexity index is 604. The highest BCUT2D eigenvalue weighted by molar-refractivity contribution is 7.89. The fourth-order valence-electron chi connectivity index (χ4n) is 3.53. The quantitative estimate of drug-likeness (QED) is 0.904. The SMILES string of the molecule is Cc1ccc(S(=O)(=O)N2C3CCNCC2CC3)c(C)c1.Cl. The van der Waals surface area contributed by atoms with Crippen molar-refractivity contribution >= 4 is 22.4 Å². The maximum atomic E-state index is 13.0. The van der Waals surface area contributed by atoms with Gasteiger partial charge in [-0.2, -0.15) is 4.31 Å². The number of nitrogens with one attached hydrogen (secondary N) is 1. The number of halogens is 1. The first kappa shape index (κ1) is 16.7. The molecule has 118 valence electrons. The Hall–Kier alpha value is -0.620. The number of sulfonamides is 1. The summed E-state index contributed by atoms with van der Waals surface area (Å²) in [5, 5.41) is 3.35. The molecule has 4 nitrogen and oxygen atoms in total. The molecule has 1 aromatic carbocycles. The molecule has 2 saturated heterocycles. The minimum absolute atomic E-state index is 0. The van der Waals surface area contributed by atoms with Gasteiger partial charge in [-0.25, -0.2) is 8.42 Å². The number of rotatable bonds is 2. The van der Waals surface area contributed by atoms with E-state index in [2.05, 4.69) is 5.32 Å². The molecule has 0 spiro atoms. The first-order valence-electron chi connectivity index (χ1n) is 7.31. The molecule has 0 amide bonds. The average molecular weight is 331 g/mol. The molecule has 0 saturated carbocycles. The minimum atomic E-state index is -3.38. The molecule has 3 rings (SSSR count). The third-order valence-electron chi connectivity index (χ3n) is 4.47. The second kappa shape index (κ2) is 6.24. The lowest BCUT2D eigenvalue weighted by Gasteiger charge is -2.27. The van der Waals surface area contributed by atoms with Crippen molar-refractivity contribution in [3.05, 3.63) is 29.3 Å². The predicted molar refractivity (Wildman–Crippen MR) is 86.5 cm³/mol. The van der Waals surface area contributed by atoms with E-state index in [9.17, 15) is 8.42 Å². The fraction of sp³-hybridized carbons (Fsp3) is 0.600. The van der Waals surface area contributed by atoms with Gasteiger partial charge in [-0.15, -0.1) is 12.4 Å². The summed E-state index contributed by atoms with van der Waals surface area (Å²) in [6.07, 6.45) is 2.89. The van der Waals surface area contributed by atoms with Crippen molar-refractivity contribution in [1.29, 1.82) is 0 Å². The van der Waals surface area contributed by atoms with Crippen LogP contribution in [0.2, 0.25) is 0 Å². The van der Waals surface area contributed by atoms with Gasteiger partial charge in [0.15, 0.2) is 0 Å². The normalized spacial score (nSPS) is 26.2. The summed E-state index contributed by atoms with van der Waals surface area (Å²) in [5.74, 6) is 0. The molecule has 0 radical (unpaired) electrons. The third kappa shape index (κ3) is 2.97. The molecule has 0 aliphatic carbocycles. The highest BCUT2D eigenvalue weighted by Crippen LogP contribution is 2.34. The molecule has 0 aromatic heterocycles. The number of hydrogen-bond donors (Lipinski definition) is 1. The zero-order valence-electron chi connectivity index (χ0n) is 12.5. The Morgan fingerprint density at radius 2 is 1.86 bits per heavy atom. The summed E-state index contributed by atoms with van der Waals surface area (Å²) in [5.41, 5.74) is 1.95. The summed E-state index contributed by atoms with van der Waals surface area (Å²) in [7, 11) is -3.38. The number of benzene rings is 1. The molecule has 6 heteroatoms. The Morgan fingerprint density at radius 3 is 2.57 bits per heavy atom. The Balaban J connectivity index is 0.00000161. The number of fused-ring (bicyclic) bond motifs is 2. The second-order valence-corrected chi connectivity index (χ2v) is 7.79. The molecule has 2 aliphatic rings. The van der Waals surface area contributed by atoms with Crippen LogP contribution in [0, 0.1) is 13.8 Å². The van der Waals surface area contributed by atoms with Crippen LogP contribution in [-0.4, -0.2) is 37.9 Å². The molecule has 1 aromatic rings. The standard InChI is InChI=1S/C15H22N2O2S.ClH/c1-11-3-6-15(12(2)9-11)20(18,19)17-13-4-5-14(17)10-16-8-7-13;/h3,6,9,13-14,16H,4-5,7-8,10H2,1-2H3;1H. The van der Waals surface area contributed by atoms with Gasteiger partial charge in [-0.05, 0) is 51.3 Å². The lowest BCUT2D eigenvalue weighted by molar-refractivity contribution is 0.334. The van der Waals surface area contributed by atoms with Gasteiger partial charge in [0.05, 0.1) is 4.90 Å². The lowest BCUT2D eigenvalue weighted by Crippen LogP contribution is -2.42. The van der Waals surface area contributed by atoms with Crippen molar-refractivity contribution in [2.75, 3.05) is 13.1 Å². The van der Waals surface area contributed by atoms with Crippen LogP contribution in [0.1, 0.15) is 30.4 Å². The van der Waals surface area contributed by atoms with Gasteiger partial charge in [-0.1, -0.05) is 17.7 Å². The van der Waals surface area contributed by atoms with Crippen molar-refractivity contribution < 1.29 is 8.42 Å². The van der Waals surface area contributed by atoms with Gasteiger partial charge in [0.2, 0.25) is 10.0 Å². The van der Waals surface area contributed by atoms with Crippen LogP contribution in [0.25, 0.3) is 0 Å². The first-order valence-corrected chi connectivity index (χ1v) is 8.75. The Labute approximate surface area is 133 Å².